The quantitative estimate of drug-likeness (QED) is 0.571. The molecule has 1 heterocycles. The number of nitro groups is 1. The minimum Gasteiger partial charge on any atom is -0.380 e. The van der Waals surface area contributed by atoms with Gasteiger partial charge in [-0.25, -0.2) is 0 Å². The van der Waals surface area contributed by atoms with E-state index in [1.54, 1.807) is 6.08 Å². The topological polar surface area (TPSA) is 55.2 Å². The third-order valence-electron chi connectivity index (χ3n) is 2.23. The van der Waals surface area contributed by atoms with Crippen LogP contribution in [0, 0.1) is 10.1 Å². The van der Waals surface area contributed by atoms with Crippen LogP contribution < -0.4 is 5.32 Å². The van der Waals surface area contributed by atoms with E-state index in [9.17, 15) is 10.1 Å². The summed E-state index contributed by atoms with van der Waals surface area (Å²) >= 11 is 0. The minimum atomic E-state index is -0.325. The molecular weight excluding hydrogens is 180 g/mol. The summed E-state index contributed by atoms with van der Waals surface area (Å²) in [5.41, 5.74) is 3.15. The summed E-state index contributed by atoms with van der Waals surface area (Å²) in [5.74, 6) is 0. The average molecular weight is 190 g/mol. The maximum Gasteiger partial charge on any atom is 0.222 e. The molecule has 72 valence electrons. The number of rotatable bonds is 2. The first-order valence-electron chi connectivity index (χ1n) is 4.41. The van der Waals surface area contributed by atoms with Gasteiger partial charge >= 0.3 is 0 Å². The van der Waals surface area contributed by atoms with Gasteiger partial charge in [0.25, 0.3) is 0 Å². The van der Waals surface area contributed by atoms with Gasteiger partial charge in [0.1, 0.15) is 0 Å². The van der Waals surface area contributed by atoms with Gasteiger partial charge in [-0.3, -0.25) is 10.1 Å². The molecule has 0 radical (unpaired) electrons. The second kappa shape index (κ2) is 3.49. The van der Waals surface area contributed by atoms with E-state index < -0.39 is 0 Å². The Morgan fingerprint density at radius 2 is 2.29 bits per heavy atom. The van der Waals surface area contributed by atoms with Crippen molar-refractivity contribution in [3.63, 3.8) is 0 Å². The molecule has 1 aliphatic rings. The molecule has 4 nitrogen and oxygen atoms in total. The molecule has 0 spiro atoms. The van der Waals surface area contributed by atoms with E-state index in [0.717, 1.165) is 16.8 Å². The smallest absolute Gasteiger partial charge is 0.222 e. The molecule has 1 N–H and O–H groups in total. The van der Waals surface area contributed by atoms with Crippen LogP contribution in [0.25, 0.3) is 5.57 Å². The zero-order valence-electron chi connectivity index (χ0n) is 7.56. The molecule has 0 unspecified atom stereocenters. The second-order valence-corrected chi connectivity index (χ2v) is 3.14. The summed E-state index contributed by atoms with van der Waals surface area (Å²) < 4.78 is 0. The van der Waals surface area contributed by atoms with Crippen LogP contribution >= 0.6 is 0 Å². The van der Waals surface area contributed by atoms with E-state index in [2.05, 4.69) is 5.32 Å². The van der Waals surface area contributed by atoms with Crippen molar-refractivity contribution in [2.75, 3.05) is 18.4 Å². The van der Waals surface area contributed by atoms with E-state index in [0.29, 0.717) is 6.54 Å². The van der Waals surface area contributed by atoms with Crippen LogP contribution in [0.4, 0.5) is 5.69 Å². The molecule has 0 fully saturated rings. The lowest BCUT2D eigenvalue weighted by Crippen LogP contribution is -1.99. The first-order chi connectivity index (χ1) is 6.77. The fourth-order valence-corrected chi connectivity index (χ4v) is 1.57. The highest BCUT2D eigenvalue weighted by Crippen LogP contribution is 2.29. The minimum absolute atomic E-state index is 0.106. The van der Waals surface area contributed by atoms with Crippen molar-refractivity contribution >= 4 is 11.3 Å². The molecule has 2 rings (SSSR count). The third-order valence-corrected chi connectivity index (χ3v) is 2.23. The van der Waals surface area contributed by atoms with Gasteiger partial charge in [0.05, 0.1) is 0 Å². The van der Waals surface area contributed by atoms with E-state index in [-0.39, 0.29) is 11.5 Å². The second-order valence-electron chi connectivity index (χ2n) is 3.14. The first kappa shape index (κ1) is 8.74. The fraction of sp³-hybridized carbons (Fsp3) is 0.200. The SMILES string of the molecule is O=[N+]([O-])C/C=C1/CNc2ccccc21. The van der Waals surface area contributed by atoms with Crippen LogP contribution in [-0.2, 0) is 0 Å². The van der Waals surface area contributed by atoms with E-state index >= 15 is 0 Å². The van der Waals surface area contributed by atoms with Crippen LogP contribution in [0.15, 0.2) is 30.3 Å². The number of para-hydroxylation sites is 1. The predicted octanol–water partition coefficient (Wildman–Crippen LogP) is 1.77. The standard InChI is InChI=1S/C10H10N2O2/c13-12(14)6-5-8-7-11-10-4-2-1-3-9(8)10/h1-5,11H,6-7H2/b8-5-. The number of anilines is 1. The van der Waals surface area contributed by atoms with Crippen LogP contribution in [0.5, 0.6) is 0 Å². The van der Waals surface area contributed by atoms with Crippen LogP contribution in [0.2, 0.25) is 0 Å². The van der Waals surface area contributed by atoms with E-state index in [4.69, 9.17) is 0 Å². The monoisotopic (exact) mass is 190 g/mol. The summed E-state index contributed by atoms with van der Waals surface area (Å²) in [6, 6.07) is 7.83. The highest BCUT2D eigenvalue weighted by atomic mass is 16.6. The molecule has 1 aromatic carbocycles. The number of nitrogens with one attached hydrogen (secondary N) is 1. The Labute approximate surface area is 81.4 Å². The van der Waals surface area contributed by atoms with Gasteiger partial charge in [-0.2, -0.15) is 0 Å². The largest absolute Gasteiger partial charge is 0.380 e. The lowest BCUT2D eigenvalue weighted by molar-refractivity contribution is -0.468. The summed E-state index contributed by atoms with van der Waals surface area (Å²) in [6.07, 6.45) is 1.67. The predicted molar refractivity (Wildman–Crippen MR) is 54.8 cm³/mol. The number of hydrogen-bond donors (Lipinski definition) is 1. The molecule has 0 saturated heterocycles. The Kier molecular flexibility index (Phi) is 2.18. The van der Waals surface area contributed by atoms with Gasteiger partial charge < -0.3 is 5.32 Å². The lowest BCUT2D eigenvalue weighted by atomic mass is 10.1. The third kappa shape index (κ3) is 1.59. The highest BCUT2D eigenvalue weighted by molar-refractivity contribution is 5.84. The number of nitrogens with zero attached hydrogens (tertiary/aromatic N) is 1. The Morgan fingerprint density at radius 3 is 3.07 bits per heavy atom. The van der Waals surface area contributed by atoms with E-state index in [1.807, 2.05) is 24.3 Å². The van der Waals surface area contributed by atoms with Crippen LogP contribution in [0.1, 0.15) is 5.56 Å². The van der Waals surface area contributed by atoms with Crippen molar-refractivity contribution in [1.82, 2.24) is 0 Å². The molecule has 4 heteroatoms. The van der Waals surface area contributed by atoms with Crippen LogP contribution in [0.3, 0.4) is 0 Å². The maximum absolute atomic E-state index is 10.2. The zero-order valence-corrected chi connectivity index (χ0v) is 7.56. The molecule has 0 aromatic heterocycles. The summed E-state index contributed by atoms with van der Waals surface area (Å²) in [7, 11) is 0. The molecule has 0 amide bonds. The lowest BCUT2D eigenvalue weighted by Gasteiger charge is -1.96. The van der Waals surface area contributed by atoms with Gasteiger partial charge in [-0.05, 0) is 17.7 Å². The summed E-state index contributed by atoms with van der Waals surface area (Å²) in [6.45, 7) is 0.582. The molecule has 1 aromatic rings. The van der Waals surface area contributed by atoms with Gasteiger partial charge in [-0.15, -0.1) is 0 Å². The van der Waals surface area contributed by atoms with Crippen molar-refractivity contribution in [2.24, 2.45) is 0 Å². The van der Waals surface area contributed by atoms with E-state index in [1.165, 1.54) is 0 Å². The average Bonchev–Trinajstić information content (AvgIpc) is 2.58. The Bertz CT molecular complexity index is 399. The van der Waals surface area contributed by atoms with Crippen molar-refractivity contribution in [3.8, 4) is 0 Å². The van der Waals surface area contributed by atoms with Gasteiger partial charge in [0.15, 0.2) is 0 Å². The Morgan fingerprint density at radius 1 is 1.50 bits per heavy atom. The number of benzene rings is 1. The van der Waals surface area contributed by atoms with Crippen LogP contribution in [-0.4, -0.2) is 18.0 Å². The number of hydrogen-bond acceptors (Lipinski definition) is 3. The van der Waals surface area contributed by atoms with Crippen molar-refractivity contribution in [3.05, 3.63) is 46.0 Å². The van der Waals surface area contributed by atoms with Gasteiger partial charge in [-0.1, -0.05) is 18.2 Å². The van der Waals surface area contributed by atoms with Gasteiger partial charge in [0, 0.05) is 22.7 Å². The van der Waals surface area contributed by atoms with Crippen molar-refractivity contribution in [1.29, 1.82) is 0 Å². The fourth-order valence-electron chi connectivity index (χ4n) is 1.57. The molecule has 0 atom stereocenters. The highest BCUT2D eigenvalue weighted by Gasteiger charge is 2.14. The molecule has 0 saturated carbocycles. The number of fused-ring (bicyclic) bond motifs is 1. The molecule has 1 aliphatic heterocycles. The molecule has 0 aliphatic carbocycles. The summed E-state index contributed by atoms with van der Waals surface area (Å²) in [4.78, 5) is 9.88. The van der Waals surface area contributed by atoms with Crippen molar-refractivity contribution in [2.45, 2.75) is 0 Å². The first-order valence-corrected chi connectivity index (χ1v) is 4.41. The van der Waals surface area contributed by atoms with Gasteiger partial charge in [0.2, 0.25) is 6.54 Å². The molecule has 0 bridgehead atoms. The normalized spacial score (nSPS) is 16.4. The maximum atomic E-state index is 10.2. The molecule has 14 heavy (non-hydrogen) atoms. The van der Waals surface area contributed by atoms with Crippen molar-refractivity contribution < 1.29 is 4.92 Å². The Hall–Kier alpha value is -1.84. The zero-order chi connectivity index (χ0) is 9.97. The molecular formula is C10H10N2O2. The summed E-state index contributed by atoms with van der Waals surface area (Å²) in [5, 5.41) is 13.4. The Balaban J connectivity index is 2.26.